The van der Waals surface area contributed by atoms with E-state index >= 15 is 0 Å². The van der Waals surface area contributed by atoms with Gasteiger partial charge in [-0.1, -0.05) is 18.2 Å². The second kappa shape index (κ2) is 8.26. The Morgan fingerprint density at radius 1 is 1.48 bits per heavy atom. The number of hydrogen-bond acceptors (Lipinski definition) is 3. The molecule has 0 bridgehead atoms. The molecule has 0 unspecified atom stereocenters. The Bertz CT molecular complexity index is 526. The first-order valence-corrected chi connectivity index (χ1v) is 7.92. The SMILES string of the molecule is COC[C@@H]1CN(C(=O)N[C@@H](C)Cc2ccccc2F)C[C@H](C)O1. The van der Waals surface area contributed by atoms with Gasteiger partial charge in [0, 0.05) is 19.7 Å². The number of halogens is 1. The molecule has 0 radical (unpaired) electrons. The lowest BCUT2D eigenvalue weighted by Gasteiger charge is -2.37. The molecule has 1 aromatic rings. The minimum absolute atomic E-state index is 0.0310. The van der Waals surface area contributed by atoms with Crippen LogP contribution < -0.4 is 5.32 Å². The Kier molecular flexibility index (Phi) is 6.36. The van der Waals surface area contributed by atoms with E-state index in [0.29, 0.717) is 31.7 Å². The third-order valence-electron chi connectivity index (χ3n) is 3.82. The van der Waals surface area contributed by atoms with Crippen molar-refractivity contribution < 1.29 is 18.7 Å². The smallest absolute Gasteiger partial charge is 0.317 e. The summed E-state index contributed by atoms with van der Waals surface area (Å²) in [6, 6.07) is 6.33. The monoisotopic (exact) mass is 324 g/mol. The van der Waals surface area contributed by atoms with Crippen molar-refractivity contribution in [2.24, 2.45) is 0 Å². The molecule has 0 aromatic heterocycles. The van der Waals surface area contributed by atoms with Crippen molar-refractivity contribution in [3.63, 3.8) is 0 Å². The van der Waals surface area contributed by atoms with Crippen LogP contribution in [0.15, 0.2) is 24.3 Å². The van der Waals surface area contributed by atoms with Gasteiger partial charge in [0.05, 0.1) is 25.4 Å². The van der Waals surface area contributed by atoms with Gasteiger partial charge in [-0.2, -0.15) is 0 Å². The van der Waals surface area contributed by atoms with Gasteiger partial charge >= 0.3 is 6.03 Å². The van der Waals surface area contributed by atoms with E-state index in [4.69, 9.17) is 9.47 Å². The summed E-state index contributed by atoms with van der Waals surface area (Å²) >= 11 is 0. The number of amides is 2. The zero-order chi connectivity index (χ0) is 16.8. The molecule has 1 aliphatic heterocycles. The third-order valence-corrected chi connectivity index (χ3v) is 3.82. The summed E-state index contributed by atoms with van der Waals surface area (Å²) in [5, 5.41) is 2.93. The lowest BCUT2D eigenvalue weighted by atomic mass is 10.1. The van der Waals surface area contributed by atoms with Crippen LogP contribution in [0.25, 0.3) is 0 Å². The van der Waals surface area contributed by atoms with Crippen LogP contribution in [0.3, 0.4) is 0 Å². The number of nitrogens with zero attached hydrogens (tertiary/aromatic N) is 1. The third kappa shape index (κ3) is 5.18. The summed E-state index contributed by atoms with van der Waals surface area (Å²) in [5.41, 5.74) is 0.605. The average Bonchev–Trinajstić information content (AvgIpc) is 2.49. The lowest BCUT2D eigenvalue weighted by Crippen LogP contribution is -2.54. The van der Waals surface area contributed by atoms with Crippen molar-refractivity contribution in [2.75, 3.05) is 26.8 Å². The Balaban J connectivity index is 1.89. The Labute approximate surface area is 136 Å². The molecule has 0 saturated carbocycles. The van der Waals surface area contributed by atoms with E-state index in [1.165, 1.54) is 6.07 Å². The minimum Gasteiger partial charge on any atom is -0.382 e. The van der Waals surface area contributed by atoms with E-state index in [-0.39, 0.29) is 30.1 Å². The van der Waals surface area contributed by atoms with Gasteiger partial charge in [0.15, 0.2) is 0 Å². The standard InChI is InChI=1S/C17H25FN2O3/c1-12(8-14-6-4-5-7-16(14)18)19-17(21)20-9-13(2)23-15(10-20)11-22-3/h4-7,12-13,15H,8-11H2,1-3H3,(H,19,21)/t12-,13-,15-/m0/s1. The normalized spacial score (nSPS) is 22.7. The fraction of sp³-hybridized carbons (Fsp3) is 0.588. The molecule has 1 aromatic carbocycles. The average molecular weight is 324 g/mol. The van der Waals surface area contributed by atoms with E-state index in [0.717, 1.165) is 0 Å². The van der Waals surface area contributed by atoms with Crippen LogP contribution in [0.5, 0.6) is 0 Å². The van der Waals surface area contributed by atoms with E-state index < -0.39 is 0 Å². The summed E-state index contributed by atoms with van der Waals surface area (Å²) in [7, 11) is 1.61. The van der Waals surface area contributed by atoms with Crippen molar-refractivity contribution in [1.29, 1.82) is 0 Å². The first-order valence-electron chi connectivity index (χ1n) is 7.92. The van der Waals surface area contributed by atoms with Crippen molar-refractivity contribution in [1.82, 2.24) is 10.2 Å². The number of ether oxygens (including phenoxy) is 2. The number of hydrogen-bond donors (Lipinski definition) is 1. The van der Waals surface area contributed by atoms with Gasteiger partial charge in [0.1, 0.15) is 5.82 Å². The predicted octanol–water partition coefficient (Wildman–Crippen LogP) is 2.20. The minimum atomic E-state index is -0.242. The first kappa shape index (κ1) is 17.7. The number of carbonyl (C=O) groups excluding carboxylic acids is 1. The van der Waals surface area contributed by atoms with E-state index in [1.54, 1.807) is 30.2 Å². The molecular formula is C17H25FN2O3. The molecule has 2 rings (SSSR count). The quantitative estimate of drug-likeness (QED) is 0.903. The Morgan fingerprint density at radius 3 is 2.91 bits per heavy atom. The number of rotatable bonds is 5. The van der Waals surface area contributed by atoms with Crippen molar-refractivity contribution in [3.05, 3.63) is 35.6 Å². The van der Waals surface area contributed by atoms with Crippen LogP contribution in [0, 0.1) is 5.82 Å². The highest BCUT2D eigenvalue weighted by molar-refractivity contribution is 5.74. The molecule has 23 heavy (non-hydrogen) atoms. The number of nitrogens with one attached hydrogen (secondary N) is 1. The second-order valence-corrected chi connectivity index (χ2v) is 6.08. The number of benzene rings is 1. The molecule has 0 aliphatic carbocycles. The molecule has 1 saturated heterocycles. The largest absolute Gasteiger partial charge is 0.382 e. The fourth-order valence-electron chi connectivity index (χ4n) is 2.84. The highest BCUT2D eigenvalue weighted by Crippen LogP contribution is 2.13. The maximum Gasteiger partial charge on any atom is 0.317 e. The van der Waals surface area contributed by atoms with Gasteiger partial charge in [0.2, 0.25) is 0 Å². The van der Waals surface area contributed by atoms with Crippen molar-refractivity contribution in [3.8, 4) is 0 Å². The lowest BCUT2D eigenvalue weighted by molar-refractivity contribution is -0.0898. The maximum absolute atomic E-state index is 13.7. The van der Waals surface area contributed by atoms with Gasteiger partial charge in [-0.15, -0.1) is 0 Å². The van der Waals surface area contributed by atoms with Crippen LogP contribution in [-0.4, -0.2) is 56.0 Å². The molecule has 1 heterocycles. The number of methoxy groups -OCH3 is 1. The Hall–Kier alpha value is -1.66. The van der Waals surface area contributed by atoms with Crippen LogP contribution >= 0.6 is 0 Å². The van der Waals surface area contributed by atoms with E-state index in [1.807, 2.05) is 13.8 Å². The molecule has 128 valence electrons. The van der Waals surface area contributed by atoms with Gasteiger partial charge in [-0.25, -0.2) is 9.18 Å². The van der Waals surface area contributed by atoms with Crippen molar-refractivity contribution >= 4 is 6.03 Å². The molecule has 1 fully saturated rings. The summed E-state index contributed by atoms with van der Waals surface area (Å²) in [4.78, 5) is 14.1. The zero-order valence-electron chi connectivity index (χ0n) is 13.9. The van der Waals surface area contributed by atoms with Crippen LogP contribution in [0.2, 0.25) is 0 Å². The highest BCUT2D eigenvalue weighted by Gasteiger charge is 2.28. The molecule has 3 atom stereocenters. The number of morpholine rings is 1. The number of carbonyl (C=O) groups is 1. The van der Waals surface area contributed by atoms with Gasteiger partial charge < -0.3 is 19.7 Å². The van der Waals surface area contributed by atoms with Crippen LogP contribution in [0.1, 0.15) is 19.4 Å². The summed E-state index contributed by atoms with van der Waals surface area (Å²) in [5.74, 6) is -0.242. The van der Waals surface area contributed by atoms with Crippen molar-refractivity contribution in [2.45, 2.75) is 38.5 Å². The molecule has 6 heteroatoms. The molecular weight excluding hydrogens is 299 g/mol. The Morgan fingerprint density at radius 2 is 2.22 bits per heavy atom. The first-order chi connectivity index (χ1) is 11.0. The number of urea groups is 1. The molecule has 5 nitrogen and oxygen atoms in total. The zero-order valence-corrected chi connectivity index (χ0v) is 13.9. The molecule has 1 aliphatic rings. The van der Waals surface area contributed by atoms with E-state index in [2.05, 4.69) is 5.32 Å². The predicted molar refractivity (Wildman–Crippen MR) is 85.9 cm³/mol. The molecule has 1 N–H and O–H groups in total. The topological polar surface area (TPSA) is 50.8 Å². The summed E-state index contributed by atoms with van der Waals surface area (Å²) < 4.78 is 24.5. The summed E-state index contributed by atoms with van der Waals surface area (Å²) in [6.07, 6.45) is 0.313. The highest BCUT2D eigenvalue weighted by atomic mass is 19.1. The van der Waals surface area contributed by atoms with Gasteiger partial charge in [-0.3, -0.25) is 0 Å². The maximum atomic E-state index is 13.7. The van der Waals surface area contributed by atoms with Crippen LogP contribution in [0.4, 0.5) is 9.18 Å². The summed E-state index contributed by atoms with van der Waals surface area (Å²) in [6.45, 7) is 5.31. The fourth-order valence-corrected chi connectivity index (χ4v) is 2.84. The second-order valence-electron chi connectivity index (χ2n) is 6.08. The van der Waals surface area contributed by atoms with Gasteiger partial charge in [0.25, 0.3) is 0 Å². The van der Waals surface area contributed by atoms with Crippen LogP contribution in [-0.2, 0) is 15.9 Å². The molecule has 0 spiro atoms. The molecule has 2 amide bonds. The van der Waals surface area contributed by atoms with Gasteiger partial charge in [-0.05, 0) is 31.9 Å². The van der Waals surface area contributed by atoms with E-state index in [9.17, 15) is 9.18 Å².